The van der Waals surface area contributed by atoms with Crippen LogP contribution in [0.5, 0.6) is 5.75 Å². The molecule has 0 amide bonds. The van der Waals surface area contributed by atoms with E-state index in [1.807, 2.05) is 0 Å². The summed E-state index contributed by atoms with van der Waals surface area (Å²) in [7, 11) is 0. The molecule has 0 aliphatic carbocycles. The molecule has 5 heteroatoms. The van der Waals surface area contributed by atoms with Crippen molar-refractivity contribution >= 4 is 0 Å². The lowest BCUT2D eigenvalue weighted by molar-refractivity contribution is -0.174. The number of hydrogen-bond acceptors (Lipinski definition) is 1. The topological polar surface area (TPSA) is 9.23 Å². The van der Waals surface area contributed by atoms with Crippen molar-refractivity contribution in [3.8, 4) is 5.75 Å². The fraction of sp³-hybridized carbons (Fsp3) is 0.417. The van der Waals surface area contributed by atoms with Gasteiger partial charge in [-0.05, 0) is 24.6 Å². The van der Waals surface area contributed by atoms with Crippen LogP contribution in [0.3, 0.4) is 0 Å². The Morgan fingerprint density at radius 1 is 1.12 bits per heavy atom. The lowest BCUT2D eigenvalue weighted by Crippen LogP contribution is -2.38. The molecule has 0 atom stereocenters. The zero-order chi connectivity index (χ0) is 13.1. The van der Waals surface area contributed by atoms with E-state index in [1.54, 1.807) is 6.92 Å². The van der Waals surface area contributed by atoms with Crippen molar-refractivity contribution in [3.63, 3.8) is 0 Å². The average Bonchev–Trinajstić information content (AvgIpc) is 2.19. The summed E-state index contributed by atoms with van der Waals surface area (Å²) in [6.45, 7) is 2.43. The number of rotatable bonds is 5. The van der Waals surface area contributed by atoms with E-state index in [0.29, 0.717) is 12.4 Å². The van der Waals surface area contributed by atoms with E-state index in [2.05, 4.69) is 0 Å². The van der Waals surface area contributed by atoms with E-state index in [-0.39, 0.29) is 18.9 Å². The summed E-state index contributed by atoms with van der Waals surface area (Å²) in [5, 5.41) is 0. The largest absolute Gasteiger partial charge is 0.494 e. The van der Waals surface area contributed by atoms with Crippen LogP contribution in [-0.4, -0.2) is 18.5 Å². The maximum Gasteiger partial charge on any atom is 0.317 e. The van der Waals surface area contributed by atoms with Gasteiger partial charge in [-0.3, -0.25) is 0 Å². The molecule has 0 spiro atoms. The minimum absolute atomic E-state index is 0.0278. The molecule has 0 aliphatic heterocycles. The lowest BCUT2D eigenvalue weighted by Gasteiger charge is -2.22. The minimum Gasteiger partial charge on any atom is -0.494 e. The maximum absolute atomic E-state index is 13.0. The average molecular weight is 249 g/mol. The van der Waals surface area contributed by atoms with Crippen LogP contribution < -0.4 is 4.74 Å². The molecule has 0 unspecified atom stereocenters. The lowest BCUT2D eigenvalue weighted by atomic mass is 10.0. The van der Waals surface area contributed by atoms with Crippen LogP contribution in [0.25, 0.3) is 0 Å². The van der Waals surface area contributed by atoms with Gasteiger partial charge in [-0.25, -0.2) is 8.78 Å². The van der Waals surface area contributed by atoms with Crippen LogP contribution in [-0.2, 0) is 0 Å². The summed E-state index contributed by atoms with van der Waals surface area (Å²) < 4.78 is 56.3. The smallest absolute Gasteiger partial charge is 0.317 e. The molecular weight excluding hydrogens is 236 g/mol. The van der Waals surface area contributed by atoms with Gasteiger partial charge in [0.2, 0.25) is 0 Å². The highest BCUT2D eigenvalue weighted by atomic mass is 19.3. The predicted molar refractivity (Wildman–Crippen MR) is 56.6 cm³/mol. The summed E-state index contributed by atoms with van der Waals surface area (Å²) in [5.41, 5.74) is 0.0278. The Balaban J connectivity index is 2.76. The fourth-order valence-electron chi connectivity index (χ4n) is 1.16. The van der Waals surface area contributed by atoms with E-state index < -0.39 is 11.8 Å². The molecule has 1 radical (unpaired) electrons. The Kier molecular flexibility index (Phi) is 4.01. The monoisotopic (exact) mass is 249 g/mol. The second-order valence-corrected chi connectivity index (χ2v) is 3.66. The first-order valence-electron chi connectivity index (χ1n) is 5.10. The van der Waals surface area contributed by atoms with E-state index in [9.17, 15) is 17.6 Å². The van der Waals surface area contributed by atoms with Gasteiger partial charge < -0.3 is 4.74 Å². The van der Waals surface area contributed by atoms with E-state index in [4.69, 9.17) is 4.74 Å². The SMILES string of the molecule is CCOc1ccc([CH]C(F)(F)C(C)(F)F)cc1. The third kappa shape index (κ3) is 3.61. The molecule has 0 fully saturated rings. The number of hydrogen-bond donors (Lipinski definition) is 0. The number of halogens is 4. The Labute approximate surface area is 97.4 Å². The van der Waals surface area contributed by atoms with E-state index in [1.165, 1.54) is 24.3 Å². The molecular formula is C12H13F4O. The second kappa shape index (κ2) is 4.94. The zero-order valence-corrected chi connectivity index (χ0v) is 9.51. The van der Waals surface area contributed by atoms with E-state index >= 15 is 0 Å². The summed E-state index contributed by atoms with van der Waals surface area (Å²) in [5.74, 6) is -7.73. The van der Waals surface area contributed by atoms with Gasteiger partial charge in [-0.15, -0.1) is 0 Å². The van der Waals surface area contributed by atoms with Gasteiger partial charge >= 0.3 is 11.8 Å². The zero-order valence-electron chi connectivity index (χ0n) is 9.51. The quantitative estimate of drug-likeness (QED) is 0.718. The molecule has 0 aromatic heterocycles. The third-order valence-corrected chi connectivity index (χ3v) is 2.12. The predicted octanol–water partition coefficient (Wildman–Crippen LogP) is 3.93. The van der Waals surface area contributed by atoms with Crippen molar-refractivity contribution in [2.75, 3.05) is 6.61 Å². The highest BCUT2D eigenvalue weighted by Gasteiger charge is 2.52. The molecule has 0 saturated heterocycles. The third-order valence-electron chi connectivity index (χ3n) is 2.12. The van der Waals surface area contributed by atoms with Gasteiger partial charge in [0.05, 0.1) is 13.0 Å². The molecule has 0 aliphatic rings. The van der Waals surface area contributed by atoms with Crippen LogP contribution in [0.1, 0.15) is 19.4 Å². The van der Waals surface area contributed by atoms with Crippen LogP contribution in [0.4, 0.5) is 17.6 Å². The van der Waals surface area contributed by atoms with Crippen molar-refractivity contribution in [1.82, 2.24) is 0 Å². The first kappa shape index (κ1) is 13.8. The highest BCUT2D eigenvalue weighted by molar-refractivity contribution is 5.33. The summed E-state index contributed by atoms with van der Waals surface area (Å²) >= 11 is 0. The maximum atomic E-state index is 13.0. The van der Waals surface area contributed by atoms with Gasteiger partial charge in [0.1, 0.15) is 5.75 Å². The molecule has 1 rings (SSSR count). The first-order valence-corrected chi connectivity index (χ1v) is 5.10. The van der Waals surface area contributed by atoms with Gasteiger partial charge in [-0.2, -0.15) is 8.78 Å². The fourth-order valence-corrected chi connectivity index (χ4v) is 1.16. The van der Waals surface area contributed by atoms with E-state index in [0.717, 1.165) is 0 Å². The van der Waals surface area contributed by atoms with Gasteiger partial charge in [-0.1, -0.05) is 12.1 Å². The summed E-state index contributed by atoms with van der Waals surface area (Å²) in [6.07, 6.45) is 0.253. The van der Waals surface area contributed by atoms with Gasteiger partial charge in [0, 0.05) is 6.92 Å². The first-order chi connectivity index (χ1) is 7.76. The Morgan fingerprint density at radius 3 is 2.06 bits per heavy atom. The Morgan fingerprint density at radius 2 is 1.65 bits per heavy atom. The van der Waals surface area contributed by atoms with Crippen molar-refractivity contribution in [1.29, 1.82) is 0 Å². The molecule has 0 heterocycles. The van der Waals surface area contributed by atoms with Crippen molar-refractivity contribution in [2.45, 2.75) is 25.7 Å². The summed E-state index contributed by atoms with van der Waals surface area (Å²) in [6, 6.07) is 5.54. The number of alkyl halides is 4. The summed E-state index contributed by atoms with van der Waals surface area (Å²) in [4.78, 5) is 0. The second-order valence-electron chi connectivity index (χ2n) is 3.66. The van der Waals surface area contributed by atoms with Crippen LogP contribution in [0, 0.1) is 6.42 Å². The van der Waals surface area contributed by atoms with Crippen LogP contribution in [0.15, 0.2) is 24.3 Å². The molecule has 1 nitrogen and oxygen atoms in total. The molecule has 0 saturated carbocycles. The standard InChI is InChI=1S/C12H13F4O/c1-3-17-10-6-4-9(5-7-10)8-12(15,16)11(2,13)14/h4-8H,3H2,1-2H3. The minimum atomic E-state index is -4.17. The van der Waals surface area contributed by atoms with Crippen molar-refractivity contribution in [3.05, 3.63) is 36.2 Å². The molecule has 95 valence electrons. The highest BCUT2D eigenvalue weighted by Crippen LogP contribution is 2.37. The Bertz CT molecular complexity index is 354. The Hall–Kier alpha value is -1.26. The normalized spacial score (nSPS) is 12.6. The van der Waals surface area contributed by atoms with Crippen LogP contribution in [0.2, 0.25) is 0 Å². The molecule has 0 bridgehead atoms. The van der Waals surface area contributed by atoms with Gasteiger partial charge in [0.15, 0.2) is 0 Å². The molecule has 1 aromatic rings. The van der Waals surface area contributed by atoms with Crippen LogP contribution >= 0.6 is 0 Å². The molecule has 0 N–H and O–H groups in total. The van der Waals surface area contributed by atoms with Gasteiger partial charge in [0.25, 0.3) is 0 Å². The van der Waals surface area contributed by atoms with Crippen molar-refractivity contribution in [2.24, 2.45) is 0 Å². The number of benzene rings is 1. The number of ether oxygens (including phenoxy) is 1. The molecule has 17 heavy (non-hydrogen) atoms. The van der Waals surface area contributed by atoms with Crippen molar-refractivity contribution < 1.29 is 22.3 Å². The molecule has 1 aromatic carbocycles.